The van der Waals surface area contributed by atoms with E-state index in [-0.39, 0.29) is 10.7 Å². The minimum atomic E-state index is -3.88. The number of sulfonamides is 1. The van der Waals surface area contributed by atoms with Gasteiger partial charge in [-0.05, 0) is 74.1 Å². The summed E-state index contributed by atoms with van der Waals surface area (Å²) in [5.74, 6) is -0.809. The van der Waals surface area contributed by atoms with Crippen LogP contribution in [0.25, 0.3) is 0 Å². The Morgan fingerprint density at radius 3 is 2.29 bits per heavy atom. The van der Waals surface area contributed by atoms with Crippen molar-refractivity contribution >= 4 is 21.7 Å². The van der Waals surface area contributed by atoms with E-state index < -0.39 is 32.8 Å². The summed E-state index contributed by atoms with van der Waals surface area (Å²) in [5, 5.41) is 11.0. The quantitative estimate of drug-likeness (QED) is 0.387. The first-order valence-electron chi connectivity index (χ1n) is 12.2. The van der Waals surface area contributed by atoms with Crippen LogP contribution in [-0.4, -0.2) is 25.1 Å². The zero-order valence-corrected chi connectivity index (χ0v) is 21.0. The molecule has 2 aromatic rings. The van der Waals surface area contributed by atoms with Crippen LogP contribution in [0, 0.1) is 11.2 Å². The fourth-order valence-corrected chi connectivity index (χ4v) is 6.31. The Morgan fingerprint density at radius 1 is 1.06 bits per heavy atom. The van der Waals surface area contributed by atoms with Gasteiger partial charge >= 0.3 is 5.97 Å². The standard InChI is InChI=1S/C27H32FNO5S/c1-3-12-27(13-4-2)18-23(30)24(25(31)34-27)26(14-15-26)17-19-6-5-7-21(16-19)29-35(32,33)22-10-8-20(28)9-11-22/h5-11,16,29-30H,3-4,12-15,17-18H2,1-2H3. The number of anilines is 1. The number of aliphatic hydroxyl groups excluding tert-OH is 1. The van der Waals surface area contributed by atoms with Crippen molar-refractivity contribution in [2.75, 3.05) is 4.72 Å². The molecule has 35 heavy (non-hydrogen) atoms. The highest BCUT2D eigenvalue weighted by Crippen LogP contribution is 2.57. The molecular weight excluding hydrogens is 469 g/mol. The molecule has 1 aliphatic carbocycles. The number of ether oxygens (including phenoxy) is 1. The van der Waals surface area contributed by atoms with Crippen molar-refractivity contribution in [1.29, 1.82) is 0 Å². The predicted octanol–water partition coefficient (Wildman–Crippen LogP) is 6.05. The van der Waals surface area contributed by atoms with Crippen LogP contribution in [0.3, 0.4) is 0 Å². The van der Waals surface area contributed by atoms with Crippen LogP contribution in [0.15, 0.2) is 64.8 Å². The predicted molar refractivity (Wildman–Crippen MR) is 132 cm³/mol. The second kappa shape index (κ2) is 9.64. The zero-order valence-electron chi connectivity index (χ0n) is 20.1. The van der Waals surface area contributed by atoms with Crippen molar-refractivity contribution in [2.45, 2.75) is 75.7 Å². The molecule has 2 N–H and O–H groups in total. The van der Waals surface area contributed by atoms with E-state index in [2.05, 4.69) is 4.72 Å². The summed E-state index contributed by atoms with van der Waals surface area (Å²) >= 11 is 0. The molecule has 1 heterocycles. The summed E-state index contributed by atoms with van der Waals surface area (Å²) in [5.41, 5.74) is 0.451. The third-order valence-electron chi connectivity index (χ3n) is 6.93. The number of hydrogen-bond acceptors (Lipinski definition) is 5. The fourth-order valence-electron chi connectivity index (χ4n) is 5.26. The average Bonchev–Trinajstić information content (AvgIpc) is 3.53. The number of carbonyl (C=O) groups excluding carboxylic acids is 1. The van der Waals surface area contributed by atoms with Crippen molar-refractivity contribution < 1.29 is 27.4 Å². The van der Waals surface area contributed by atoms with Crippen LogP contribution in [0.2, 0.25) is 0 Å². The van der Waals surface area contributed by atoms with Crippen LogP contribution >= 0.6 is 0 Å². The van der Waals surface area contributed by atoms with Gasteiger partial charge in [0, 0.05) is 17.5 Å². The van der Waals surface area contributed by atoms with Gasteiger partial charge in [0.05, 0.1) is 10.5 Å². The highest BCUT2D eigenvalue weighted by molar-refractivity contribution is 7.92. The Morgan fingerprint density at radius 2 is 1.71 bits per heavy atom. The third kappa shape index (κ3) is 5.37. The molecule has 0 unspecified atom stereocenters. The van der Waals surface area contributed by atoms with Gasteiger partial charge in [-0.2, -0.15) is 0 Å². The number of halogens is 1. The van der Waals surface area contributed by atoms with Crippen LogP contribution < -0.4 is 4.72 Å². The van der Waals surface area contributed by atoms with Crippen molar-refractivity contribution in [2.24, 2.45) is 5.41 Å². The molecule has 2 aliphatic rings. The van der Waals surface area contributed by atoms with Gasteiger partial charge in [0.15, 0.2) is 0 Å². The first-order chi connectivity index (χ1) is 16.6. The van der Waals surface area contributed by atoms with Crippen LogP contribution in [0.4, 0.5) is 10.1 Å². The van der Waals surface area contributed by atoms with Gasteiger partial charge < -0.3 is 9.84 Å². The number of benzene rings is 2. The second-order valence-corrected chi connectivity index (χ2v) is 11.5. The lowest BCUT2D eigenvalue weighted by Gasteiger charge is -2.38. The van der Waals surface area contributed by atoms with Crippen LogP contribution in [0.1, 0.15) is 64.4 Å². The number of cyclic esters (lactones) is 1. The summed E-state index contributed by atoms with van der Waals surface area (Å²) in [6, 6.07) is 11.6. The average molecular weight is 502 g/mol. The molecule has 0 bridgehead atoms. The summed E-state index contributed by atoms with van der Waals surface area (Å²) in [6.07, 6.45) is 5.49. The Balaban J connectivity index is 1.54. The van der Waals surface area contributed by atoms with Gasteiger partial charge in [-0.25, -0.2) is 17.6 Å². The molecular formula is C27H32FNO5S. The first kappa shape index (κ1) is 25.2. The maximum Gasteiger partial charge on any atom is 0.338 e. The van der Waals surface area contributed by atoms with Gasteiger partial charge in [-0.15, -0.1) is 0 Å². The Hall–Kier alpha value is -2.87. The highest BCUT2D eigenvalue weighted by atomic mass is 32.2. The monoisotopic (exact) mass is 501 g/mol. The summed E-state index contributed by atoms with van der Waals surface area (Å²) in [7, 11) is -3.88. The number of aliphatic hydroxyl groups is 1. The van der Waals surface area contributed by atoms with Crippen LogP contribution in [0.5, 0.6) is 0 Å². The van der Waals surface area contributed by atoms with Gasteiger partial charge in [-0.3, -0.25) is 4.72 Å². The molecule has 2 aromatic carbocycles. The largest absolute Gasteiger partial charge is 0.512 e. The minimum Gasteiger partial charge on any atom is -0.512 e. The molecule has 6 nitrogen and oxygen atoms in total. The van der Waals surface area contributed by atoms with Gasteiger partial charge in [0.2, 0.25) is 0 Å². The smallest absolute Gasteiger partial charge is 0.338 e. The van der Waals surface area contributed by atoms with Gasteiger partial charge in [-0.1, -0.05) is 38.8 Å². The molecule has 188 valence electrons. The molecule has 4 rings (SSSR count). The number of nitrogens with one attached hydrogen (secondary N) is 1. The lowest BCUT2D eigenvalue weighted by Crippen LogP contribution is -2.42. The SMILES string of the molecule is CCCC1(CCC)CC(O)=C(C2(Cc3cccc(NS(=O)(=O)c4ccc(F)cc4)c3)CC2)C(=O)O1. The maximum atomic E-state index is 13.2. The Bertz CT molecular complexity index is 1230. The van der Waals surface area contributed by atoms with E-state index in [9.17, 15) is 22.7 Å². The molecule has 0 atom stereocenters. The van der Waals surface area contributed by atoms with E-state index in [4.69, 9.17) is 4.74 Å². The van der Waals surface area contributed by atoms with Gasteiger partial charge in [0.1, 0.15) is 17.2 Å². The van der Waals surface area contributed by atoms with Crippen molar-refractivity contribution in [3.63, 3.8) is 0 Å². The molecule has 0 saturated heterocycles. The second-order valence-electron chi connectivity index (χ2n) is 9.79. The number of esters is 1. The number of carbonyl (C=O) groups is 1. The lowest BCUT2D eigenvalue weighted by molar-refractivity contribution is -0.162. The van der Waals surface area contributed by atoms with E-state index in [1.807, 2.05) is 19.9 Å². The lowest BCUT2D eigenvalue weighted by atomic mass is 9.80. The molecule has 0 radical (unpaired) electrons. The van der Waals surface area contributed by atoms with Crippen LogP contribution in [-0.2, 0) is 26.0 Å². The van der Waals surface area contributed by atoms with Crippen molar-refractivity contribution in [3.05, 3.63) is 71.2 Å². The molecule has 8 heteroatoms. The normalized spacial score (nSPS) is 18.8. The van der Waals surface area contributed by atoms with E-state index in [0.29, 0.717) is 36.9 Å². The molecule has 0 amide bonds. The number of rotatable bonds is 10. The van der Waals surface area contributed by atoms with E-state index >= 15 is 0 Å². The van der Waals surface area contributed by atoms with E-state index in [1.54, 1.807) is 18.2 Å². The Labute approximate surface area is 206 Å². The summed E-state index contributed by atoms with van der Waals surface area (Å²) in [6.45, 7) is 4.09. The van der Waals surface area contributed by atoms with E-state index in [0.717, 1.165) is 43.4 Å². The molecule has 1 fully saturated rings. The number of hydrogen-bond donors (Lipinski definition) is 2. The molecule has 0 spiro atoms. The first-order valence-corrected chi connectivity index (χ1v) is 13.6. The summed E-state index contributed by atoms with van der Waals surface area (Å²) in [4.78, 5) is 13.1. The topological polar surface area (TPSA) is 92.7 Å². The van der Waals surface area contributed by atoms with Crippen molar-refractivity contribution in [1.82, 2.24) is 0 Å². The molecule has 1 aliphatic heterocycles. The molecule has 1 saturated carbocycles. The molecule has 0 aromatic heterocycles. The third-order valence-corrected chi connectivity index (χ3v) is 8.33. The summed E-state index contributed by atoms with van der Waals surface area (Å²) < 4.78 is 47.1. The Kier molecular flexibility index (Phi) is 6.95. The minimum absolute atomic E-state index is 0.0364. The fraction of sp³-hybridized carbons (Fsp3) is 0.444. The van der Waals surface area contributed by atoms with Gasteiger partial charge in [0.25, 0.3) is 10.0 Å². The van der Waals surface area contributed by atoms with Crippen molar-refractivity contribution in [3.8, 4) is 0 Å². The maximum absolute atomic E-state index is 13.2. The zero-order chi connectivity index (χ0) is 25.3. The van der Waals surface area contributed by atoms with E-state index in [1.165, 1.54) is 12.1 Å². The highest BCUT2D eigenvalue weighted by Gasteiger charge is 2.54.